The zero-order chi connectivity index (χ0) is 12.3. The average molecular weight is 317 g/mol. The summed E-state index contributed by atoms with van der Waals surface area (Å²) in [5.74, 6) is 1.00. The third kappa shape index (κ3) is 3.24. The number of nitrogens with one attached hydrogen (secondary N) is 1. The quantitative estimate of drug-likeness (QED) is 0.904. The molecule has 1 aliphatic heterocycles. The van der Waals surface area contributed by atoms with Crippen molar-refractivity contribution in [3.05, 3.63) is 45.1 Å². The monoisotopic (exact) mass is 315 g/mol. The molecule has 2 nitrogen and oxygen atoms in total. The van der Waals surface area contributed by atoms with E-state index in [0.29, 0.717) is 0 Å². The Morgan fingerprint density at radius 1 is 1.47 bits per heavy atom. The zero-order valence-electron chi connectivity index (χ0n) is 9.67. The number of likely N-dealkylation sites (N-methyl/N-ethyl adjacent to an activating group) is 1. The van der Waals surface area contributed by atoms with Crippen LogP contribution >= 0.6 is 27.5 Å². The van der Waals surface area contributed by atoms with Gasteiger partial charge in [0.25, 0.3) is 0 Å². The number of benzene rings is 1. The molecule has 0 spiro atoms. The summed E-state index contributed by atoms with van der Waals surface area (Å²) in [5, 5.41) is 4.15. The van der Waals surface area contributed by atoms with Crippen LogP contribution in [0.5, 0.6) is 0 Å². The van der Waals surface area contributed by atoms with E-state index in [0.717, 1.165) is 40.4 Å². The van der Waals surface area contributed by atoms with Gasteiger partial charge in [-0.25, -0.2) is 0 Å². The topological polar surface area (TPSA) is 21.3 Å². The van der Waals surface area contributed by atoms with Crippen LogP contribution in [0.15, 0.2) is 34.5 Å². The summed E-state index contributed by atoms with van der Waals surface area (Å²) in [6.45, 7) is 3.75. The van der Waals surface area contributed by atoms with E-state index in [2.05, 4.69) is 40.3 Å². The van der Waals surface area contributed by atoms with E-state index in [4.69, 9.17) is 16.3 Å². The van der Waals surface area contributed by atoms with Gasteiger partial charge in [-0.2, -0.15) is 0 Å². The molecule has 1 aromatic carbocycles. The largest absolute Gasteiger partial charge is 0.496 e. The van der Waals surface area contributed by atoms with Crippen LogP contribution in [-0.4, -0.2) is 13.2 Å². The van der Waals surface area contributed by atoms with Crippen LogP contribution in [-0.2, 0) is 4.74 Å². The molecule has 0 amide bonds. The maximum Gasteiger partial charge on any atom is 0.114 e. The zero-order valence-corrected chi connectivity index (χ0v) is 12.0. The molecular weight excluding hydrogens is 302 g/mol. The summed E-state index contributed by atoms with van der Waals surface area (Å²) < 4.78 is 6.63. The van der Waals surface area contributed by atoms with Crippen LogP contribution < -0.4 is 5.32 Å². The van der Waals surface area contributed by atoms with Gasteiger partial charge < -0.3 is 10.1 Å². The normalized spacial score (nSPS) is 16.5. The van der Waals surface area contributed by atoms with Gasteiger partial charge in [-0.15, -0.1) is 0 Å². The fraction of sp³-hybridized carbons (Fsp3) is 0.385. The smallest absolute Gasteiger partial charge is 0.114 e. The maximum absolute atomic E-state index is 6.08. The molecule has 0 saturated heterocycles. The van der Waals surface area contributed by atoms with E-state index in [-0.39, 0.29) is 6.04 Å². The van der Waals surface area contributed by atoms with Crippen LogP contribution in [0.1, 0.15) is 24.9 Å². The minimum absolute atomic E-state index is 0.0949. The second kappa shape index (κ2) is 5.89. The van der Waals surface area contributed by atoms with E-state index >= 15 is 0 Å². The van der Waals surface area contributed by atoms with E-state index < -0.39 is 0 Å². The Kier molecular flexibility index (Phi) is 4.48. The third-order valence-electron chi connectivity index (χ3n) is 2.64. The van der Waals surface area contributed by atoms with Gasteiger partial charge in [0.2, 0.25) is 0 Å². The summed E-state index contributed by atoms with van der Waals surface area (Å²) >= 11 is 9.55. The number of ether oxygens (including phenoxy) is 1. The van der Waals surface area contributed by atoms with Crippen molar-refractivity contribution in [2.24, 2.45) is 0 Å². The number of rotatable bonds is 4. The highest BCUT2D eigenvalue weighted by Crippen LogP contribution is 2.30. The summed E-state index contributed by atoms with van der Waals surface area (Å²) in [6.07, 6.45) is 3.13. The Morgan fingerprint density at radius 3 is 2.88 bits per heavy atom. The lowest BCUT2D eigenvalue weighted by Crippen LogP contribution is -2.23. The van der Waals surface area contributed by atoms with Crippen LogP contribution in [0.25, 0.3) is 0 Å². The van der Waals surface area contributed by atoms with Crippen molar-refractivity contribution in [3.8, 4) is 0 Å². The highest BCUT2D eigenvalue weighted by molar-refractivity contribution is 9.10. The van der Waals surface area contributed by atoms with Gasteiger partial charge in [0.1, 0.15) is 5.76 Å². The van der Waals surface area contributed by atoms with Crippen molar-refractivity contribution in [3.63, 3.8) is 0 Å². The first-order chi connectivity index (χ1) is 8.20. The molecule has 1 atom stereocenters. The fourth-order valence-electron chi connectivity index (χ4n) is 1.97. The maximum atomic E-state index is 6.08. The molecule has 92 valence electrons. The van der Waals surface area contributed by atoms with Crippen LogP contribution in [0.4, 0.5) is 0 Å². The lowest BCUT2D eigenvalue weighted by atomic mass is 10.0. The molecule has 0 fully saturated rings. The molecule has 17 heavy (non-hydrogen) atoms. The molecule has 0 aliphatic carbocycles. The Morgan fingerprint density at radius 2 is 2.29 bits per heavy atom. The minimum atomic E-state index is 0.0949. The van der Waals surface area contributed by atoms with Gasteiger partial charge in [-0.05, 0) is 36.4 Å². The minimum Gasteiger partial charge on any atom is -0.496 e. The first-order valence-electron chi connectivity index (χ1n) is 5.73. The molecule has 1 heterocycles. The first-order valence-corrected chi connectivity index (χ1v) is 6.90. The molecule has 0 saturated carbocycles. The Balaban J connectivity index is 2.31. The van der Waals surface area contributed by atoms with Crippen molar-refractivity contribution < 1.29 is 4.74 Å². The molecule has 0 aromatic heterocycles. The van der Waals surface area contributed by atoms with Crippen LogP contribution in [0.3, 0.4) is 0 Å². The van der Waals surface area contributed by atoms with Gasteiger partial charge >= 0.3 is 0 Å². The lowest BCUT2D eigenvalue weighted by Gasteiger charge is -2.20. The van der Waals surface area contributed by atoms with Crippen molar-refractivity contribution in [2.75, 3.05) is 13.2 Å². The standard InChI is InChI=1S/C13H15BrClNO/c1-2-16-13(12-4-3-5-17-12)9-6-10(14)8-11(15)7-9/h4,6-8,13,16H,2-3,5H2,1H3. The summed E-state index contributed by atoms with van der Waals surface area (Å²) in [7, 11) is 0. The molecule has 2 rings (SSSR count). The predicted octanol–water partition coefficient (Wildman–Crippen LogP) is 4.06. The van der Waals surface area contributed by atoms with E-state index in [9.17, 15) is 0 Å². The molecule has 1 aliphatic rings. The van der Waals surface area contributed by atoms with Crippen LogP contribution in [0.2, 0.25) is 5.02 Å². The summed E-state index contributed by atoms with van der Waals surface area (Å²) in [6, 6.07) is 6.03. The SMILES string of the molecule is CCNC(C1=CCCO1)c1cc(Cl)cc(Br)c1. The van der Waals surface area contributed by atoms with Gasteiger partial charge in [0.15, 0.2) is 0 Å². The van der Waals surface area contributed by atoms with Gasteiger partial charge in [0.05, 0.1) is 12.6 Å². The fourth-order valence-corrected chi connectivity index (χ4v) is 2.85. The van der Waals surface area contributed by atoms with Gasteiger partial charge in [-0.3, -0.25) is 0 Å². The van der Waals surface area contributed by atoms with E-state index in [1.54, 1.807) is 0 Å². The Labute approximate surface area is 115 Å². The molecule has 1 unspecified atom stereocenters. The first kappa shape index (κ1) is 12.9. The Bertz CT molecular complexity index is 413. The lowest BCUT2D eigenvalue weighted by molar-refractivity contribution is 0.216. The third-order valence-corrected chi connectivity index (χ3v) is 3.32. The highest BCUT2D eigenvalue weighted by Gasteiger charge is 2.20. The number of halogens is 2. The van der Waals surface area contributed by atoms with E-state index in [1.165, 1.54) is 0 Å². The molecule has 1 N–H and O–H groups in total. The second-order valence-electron chi connectivity index (χ2n) is 3.94. The van der Waals surface area contributed by atoms with Crippen molar-refractivity contribution in [1.82, 2.24) is 5.32 Å². The van der Waals surface area contributed by atoms with E-state index in [1.807, 2.05) is 12.1 Å². The highest BCUT2D eigenvalue weighted by atomic mass is 79.9. The molecular formula is C13H15BrClNO. The van der Waals surface area contributed by atoms with Crippen molar-refractivity contribution in [1.29, 1.82) is 0 Å². The Hall–Kier alpha value is -0.510. The molecule has 0 bridgehead atoms. The molecule has 0 radical (unpaired) electrons. The van der Waals surface area contributed by atoms with Crippen LogP contribution in [0, 0.1) is 0 Å². The molecule has 1 aromatic rings. The van der Waals surface area contributed by atoms with Crippen molar-refractivity contribution in [2.45, 2.75) is 19.4 Å². The summed E-state index contributed by atoms with van der Waals surface area (Å²) in [5.41, 5.74) is 1.12. The number of hydrogen-bond acceptors (Lipinski definition) is 2. The molecule has 4 heteroatoms. The van der Waals surface area contributed by atoms with Gasteiger partial charge in [-0.1, -0.05) is 34.5 Å². The summed E-state index contributed by atoms with van der Waals surface area (Å²) in [4.78, 5) is 0. The predicted molar refractivity (Wildman–Crippen MR) is 74.2 cm³/mol. The second-order valence-corrected chi connectivity index (χ2v) is 5.29. The van der Waals surface area contributed by atoms with Gasteiger partial charge in [0, 0.05) is 15.9 Å². The van der Waals surface area contributed by atoms with Crippen molar-refractivity contribution >= 4 is 27.5 Å². The number of hydrogen-bond donors (Lipinski definition) is 1. The average Bonchev–Trinajstić information content (AvgIpc) is 2.77.